The topological polar surface area (TPSA) is 105 Å². The molecule has 0 radical (unpaired) electrons. The molecule has 202 valence electrons. The first-order valence-corrected chi connectivity index (χ1v) is 13.0. The number of allylic oxidation sites excluding steroid dienone is 4. The number of carbonyl (C=O) groups is 2. The third-order valence-electron chi connectivity index (χ3n) is 10.4. The Morgan fingerprint density at radius 2 is 1.92 bits per heavy atom. The Morgan fingerprint density at radius 3 is 2.58 bits per heavy atom. The van der Waals surface area contributed by atoms with E-state index in [2.05, 4.69) is 5.16 Å². The van der Waals surface area contributed by atoms with Crippen LogP contribution in [0.5, 0.6) is 5.75 Å². The van der Waals surface area contributed by atoms with Crippen LogP contribution >= 0.6 is 0 Å². The molecule has 1 heterocycles. The van der Waals surface area contributed by atoms with Crippen LogP contribution < -0.4 is 4.74 Å². The second kappa shape index (κ2) is 8.05. The summed E-state index contributed by atoms with van der Waals surface area (Å²) >= 11 is 0. The zero-order valence-corrected chi connectivity index (χ0v) is 21.5. The number of alkyl halides is 2. The number of rotatable bonds is 4. The van der Waals surface area contributed by atoms with Crippen molar-refractivity contribution < 1.29 is 38.2 Å². The van der Waals surface area contributed by atoms with E-state index in [0.29, 0.717) is 17.0 Å². The van der Waals surface area contributed by atoms with Gasteiger partial charge >= 0.3 is 0 Å². The van der Waals surface area contributed by atoms with Crippen LogP contribution in [0, 0.1) is 28.6 Å². The molecule has 1 unspecified atom stereocenters. The molecule has 3 fully saturated rings. The standard InChI is InChI=1S/C29H31F2NO6/c1-26-9-8-16(34)10-20(26)22(30)12-19-18-11-21-25(15-4-6-17(37-3)7-5-15)32-38-29(21,24(36)14-33)27(18,2)13-23(35)28(19,26)31/h4-10,18-19,21-23,33,35H,11-14H2,1-3H3/t18-,19-,21+,22?,23-,26-,27-,28-,29-/m0/s1. The minimum absolute atomic E-state index is 0.0440. The Morgan fingerprint density at radius 1 is 1.21 bits per heavy atom. The number of hydrogen-bond acceptors (Lipinski definition) is 7. The second-order valence-corrected chi connectivity index (χ2v) is 11.8. The number of benzene rings is 1. The van der Waals surface area contributed by atoms with Gasteiger partial charge in [0, 0.05) is 22.3 Å². The molecule has 2 N–H and O–H groups in total. The number of Topliss-reactive ketones (excluding diaryl/α,β-unsaturated/α-hetero) is 1. The maximum atomic E-state index is 17.5. The first-order valence-electron chi connectivity index (χ1n) is 13.0. The largest absolute Gasteiger partial charge is 0.497 e. The lowest BCUT2D eigenvalue weighted by molar-refractivity contribution is -0.229. The second-order valence-electron chi connectivity index (χ2n) is 11.8. The molecule has 1 aromatic carbocycles. The molecule has 5 aliphatic rings. The van der Waals surface area contributed by atoms with Crippen molar-refractivity contribution in [2.24, 2.45) is 33.7 Å². The van der Waals surface area contributed by atoms with Crippen molar-refractivity contribution in [3.8, 4) is 5.75 Å². The van der Waals surface area contributed by atoms with Crippen molar-refractivity contribution in [2.75, 3.05) is 13.7 Å². The van der Waals surface area contributed by atoms with Crippen LogP contribution in [0.25, 0.3) is 0 Å². The lowest BCUT2D eigenvalue weighted by Gasteiger charge is -2.62. The Bertz CT molecular complexity index is 1310. The van der Waals surface area contributed by atoms with Crippen LogP contribution in [0.15, 0.2) is 53.2 Å². The lowest BCUT2D eigenvalue weighted by atomic mass is 9.44. The number of fused-ring (bicyclic) bond motifs is 7. The highest BCUT2D eigenvalue weighted by Gasteiger charge is 2.80. The number of ketones is 2. The third kappa shape index (κ3) is 2.81. The number of ether oxygens (including phenoxy) is 1. The maximum absolute atomic E-state index is 17.5. The average Bonchev–Trinajstić information content (AvgIpc) is 3.40. The molecule has 0 amide bonds. The van der Waals surface area contributed by atoms with Crippen molar-refractivity contribution in [3.05, 3.63) is 53.6 Å². The van der Waals surface area contributed by atoms with Gasteiger partial charge < -0.3 is 19.8 Å². The van der Waals surface area contributed by atoms with E-state index in [0.717, 1.165) is 6.08 Å². The van der Waals surface area contributed by atoms with Gasteiger partial charge in [-0.05, 0) is 74.1 Å². The first kappa shape index (κ1) is 25.4. The quantitative estimate of drug-likeness (QED) is 0.623. The van der Waals surface area contributed by atoms with Gasteiger partial charge in [0.15, 0.2) is 11.5 Å². The Labute approximate surface area is 219 Å². The zero-order valence-electron chi connectivity index (χ0n) is 21.5. The van der Waals surface area contributed by atoms with Crippen LogP contribution in [0.4, 0.5) is 8.78 Å². The fraction of sp³-hybridized carbons (Fsp3) is 0.552. The van der Waals surface area contributed by atoms with Crippen molar-refractivity contribution in [3.63, 3.8) is 0 Å². The van der Waals surface area contributed by atoms with Gasteiger partial charge in [-0.15, -0.1) is 0 Å². The van der Waals surface area contributed by atoms with Crippen molar-refractivity contribution in [2.45, 2.75) is 56.7 Å². The molecule has 38 heavy (non-hydrogen) atoms. The highest BCUT2D eigenvalue weighted by atomic mass is 19.1. The van der Waals surface area contributed by atoms with E-state index in [4.69, 9.17) is 9.57 Å². The molecule has 7 nitrogen and oxygen atoms in total. The summed E-state index contributed by atoms with van der Waals surface area (Å²) in [5, 5.41) is 25.9. The minimum atomic E-state index is -2.28. The first-order chi connectivity index (χ1) is 18.0. The summed E-state index contributed by atoms with van der Waals surface area (Å²) in [6.07, 6.45) is 0.488. The summed E-state index contributed by atoms with van der Waals surface area (Å²) in [5.41, 5.74) is -5.35. The lowest BCUT2D eigenvalue weighted by Crippen LogP contribution is -2.70. The highest BCUT2D eigenvalue weighted by molar-refractivity contribution is 6.09. The zero-order chi connectivity index (χ0) is 27.3. The molecule has 0 bridgehead atoms. The van der Waals surface area contributed by atoms with Crippen LogP contribution in [-0.4, -0.2) is 64.8 Å². The summed E-state index contributed by atoms with van der Waals surface area (Å²) in [4.78, 5) is 31.6. The van der Waals surface area contributed by atoms with E-state index in [1.54, 1.807) is 38.3 Å². The summed E-state index contributed by atoms with van der Waals surface area (Å²) in [5.74, 6) is -2.54. The maximum Gasteiger partial charge on any atom is 0.211 e. The van der Waals surface area contributed by atoms with E-state index in [1.165, 1.54) is 19.1 Å². The fourth-order valence-corrected chi connectivity index (χ4v) is 8.59. The van der Waals surface area contributed by atoms with Crippen molar-refractivity contribution in [1.29, 1.82) is 0 Å². The van der Waals surface area contributed by atoms with Gasteiger partial charge in [-0.3, -0.25) is 9.59 Å². The Kier molecular flexibility index (Phi) is 5.38. The molecule has 0 aromatic heterocycles. The van der Waals surface area contributed by atoms with Gasteiger partial charge in [-0.25, -0.2) is 8.78 Å². The summed E-state index contributed by atoms with van der Waals surface area (Å²) in [6, 6.07) is 7.09. The predicted octanol–water partition coefficient (Wildman–Crippen LogP) is 3.27. The summed E-state index contributed by atoms with van der Waals surface area (Å²) in [6.45, 7) is 2.49. The number of carbonyl (C=O) groups excluding carboxylic acids is 2. The van der Waals surface area contributed by atoms with E-state index in [-0.39, 0.29) is 24.8 Å². The molecule has 0 spiro atoms. The third-order valence-corrected chi connectivity index (χ3v) is 10.4. The van der Waals surface area contributed by atoms with Crippen molar-refractivity contribution in [1.82, 2.24) is 0 Å². The van der Waals surface area contributed by atoms with E-state index in [9.17, 15) is 19.8 Å². The fourth-order valence-electron chi connectivity index (χ4n) is 8.59. The smallest absolute Gasteiger partial charge is 0.211 e. The minimum Gasteiger partial charge on any atom is -0.497 e. The molecule has 0 saturated heterocycles. The van der Waals surface area contributed by atoms with Crippen LogP contribution in [0.1, 0.15) is 38.7 Å². The van der Waals surface area contributed by atoms with Gasteiger partial charge in [0.2, 0.25) is 11.4 Å². The molecule has 9 heteroatoms. The molecular weight excluding hydrogens is 496 g/mol. The number of aliphatic hydroxyl groups excluding tert-OH is 2. The van der Waals surface area contributed by atoms with Crippen LogP contribution in [0.3, 0.4) is 0 Å². The van der Waals surface area contributed by atoms with Crippen LogP contribution in [0.2, 0.25) is 0 Å². The highest BCUT2D eigenvalue weighted by Crippen LogP contribution is 2.72. The summed E-state index contributed by atoms with van der Waals surface area (Å²) < 4.78 is 38.5. The van der Waals surface area contributed by atoms with Gasteiger partial charge in [0.1, 0.15) is 18.5 Å². The van der Waals surface area contributed by atoms with Gasteiger partial charge in [-0.2, -0.15) is 0 Å². The Hall–Kier alpha value is -2.91. The Balaban J connectivity index is 1.48. The van der Waals surface area contributed by atoms with Gasteiger partial charge in [0.05, 0.1) is 24.8 Å². The number of methoxy groups -OCH3 is 1. The van der Waals surface area contributed by atoms with E-state index in [1.807, 2.05) is 0 Å². The van der Waals surface area contributed by atoms with E-state index >= 15 is 8.78 Å². The van der Waals surface area contributed by atoms with Gasteiger partial charge in [0.25, 0.3) is 0 Å². The monoisotopic (exact) mass is 527 g/mol. The molecule has 9 atom stereocenters. The van der Waals surface area contributed by atoms with Gasteiger partial charge in [-0.1, -0.05) is 18.2 Å². The SMILES string of the molecule is COc1ccc(C2=NO[C@]3(C(=O)CO)[C@@H]2C[C@H]2[C@@H]4CC(F)C5=CC(=O)C=C[C@]5(C)[C@@]4(F)[C@@H](O)C[C@@]23C)cc1. The van der Waals surface area contributed by atoms with Crippen LogP contribution in [-0.2, 0) is 14.4 Å². The van der Waals surface area contributed by atoms with Crippen molar-refractivity contribution >= 4 is 17.3 Å². The number of nitrogens with zero attached hydrogens (tertiary/aromatic N) is 1. The molecule has 6 rings (SSSR count). The van der Waals surface area contributed by atoms with E-state index < -0.39 is 70.3 Å². The normalized spacial score (nSPS) is 44.7. The predicted molar refractivity (Wildman–Crippen MR) is 133 cm³/mol. The number of aliphatic hydroxyl groups is 2. The average molecular weight is 528 g/mol. The number of hydrogen-bond donors (Lipinski definition) is 2. The molecular formula is C29H31F2NO6. The number of oxime groups is 1. The molecule has 1 aromatic rings. The molecule has 3 saturated carbocycles. The molecule has 4 aliphatic carbocycles. The molecule has 1 aliphatic heterocycles. The number of halogens is 2. The summed E-state index contributed by atoms with van der Waals surface area (Å²) in [7, 11) is 1.55.